The van der Waals surface area contributed by atoms with Crippen LogP contribution in [0.2, 0.25) is 5.02 Å². The maximum Gasteiger partial charge on any atom is 0.241 e. The van der Waals surface area contributed by atoms with E-state index in [-0.39, 0.29) is 41.1 Å². The second-order valence-electron chi connectivity index (χ2n) is 5.84. The van der Waals surface area contributed by atoms with Gasteiger partial charge in [-0.05, 0) is 44.7 Å². The summed E-state index contributed by atoms with van der Waals surface area (Å²) in [6.45, 7) is 4.24. The Kier molecular flexibility index (Phi) is 8.44. The molecule has 0 radical (unpaired) electrons. The highest BCUT2D eigenvalue weighted by Gasteiger charge is 2.17. The molecular formula is C17H23Cl2FN4O2S. The summed E-state index contributed by atoms with van der Waals surface area (Å²) in [5.41, 5.74) is 8.52. The van der Waals surface area contributed by atoms with Crippen molar-refractivity contribution in [3.05, 3.63) is 57.6 Å². The quantitative estimate of drug-likeness (QED) is 0.697. The second-order valence-corrected chi connectivity index (χ2v) is 8.10. The molecule has 0 atom stereocenters. The molecule has 0 spiro atoms. The van der Waals surface area contributed by atoms with Crippen molar-refractivity contribution in [3.8, 4) is 0 Å². The Bertz CT molecular complexity index is 943. The topological polar surface area (TPSA) is 90.0 Å². The van der Waals surface area contributed by atoms with E-state index in [2.05, 4.69) is 9.82 Å². The Morgan fingerprint density at radius 3 is 2.63 bits per heavy atom. The van der Waals surface area contributed by atoms with Crippen molar-refractivity contribution in [2.45, 2.75) is 31.7 Å². The van der Waals surface area contributed by atoms with E-state index in [0.29, 0.717) is 6.54 Å². The first kappa shape index (κ1) is 23.6. The van der Waals surface area contributed by atoms with Crippen LogP contribution in [0.25, 0.3) is 0 Å². The number of nitrogens with one attached hydrogen (secondary N) is 1. The van der Waals surface area contributed by atoms with Gasteiger partial charge in [0.1, 0.15) is 10.7 Å². The van der Waals surface area contributed by atoms with E-state index in [1.165, 1.54) is 19.2 Å². The summed E-state index contributed by atoms with van der Waals surface area (Å²) in [5.74, 6) is -0.289. The van der Waals surface area contributed by atoms with Crippen molar-refractivity contribution in [1.82, 2.24) is 14.5 Å². The molecule has 0 aliphatic rings. The molecule has 1 aromatic heterocycles. The number of hydrogen-bond donors (Lipinski definition) is 2. The maximum atomic E-state index is 13.8. The molecule has 0 saturated carbocycles. The highest BCUT2D eigenvalue weighted by molar-refractivity contribution is 7.89. The highest BCUT2D eigenvalue weighted by Crippen LogP contribution is 2.24. The number of aromatic nitrogens is 2. The van der Waals surface area contributed by atoms with Crippen LogP contribution in [0.4, 0.5) is 4.39 Å². The van der Waals surface area contributed by atoms with Crippen molar-refractivity contribution in [3.63, 3.8) is 0 Å². The van der Waals surface area contributed by atoms with Crippen LogP contribution in [0.1, 0.15) is 22.5 Å². The standard InChI is InChI=1S/C17H22ClFN4O2S.ClH/c1-11-15(9-14(19)6-7-20)12(2)23(22-11)10-13-4-5-17(16(18)8-13)26(24,25)21-3;/h4-6,8,21H,7,9-10,20H2,1-3H3;1H. The lowest BCUT2D eigenvalue weighted by molar-refractivity contribution is 0.588. The lowest BCUT2D eigenvalue weighted by Crippen LogP contribution is -2.19. The molecule has 2 aromatic rings. The van der Waals surface area contributed by atoms with Crippen molar-refractivity contribution in [1.29, 1.82) is 0 Å². The monoisotopic (exact) mass is 436 g/mol. The van der Waals surface area contributed by atoms with Crippen LogP contribution in [-0.2, 0) is 23.0 Å². The van der Waals surface area contributed by atoms with E-state index >= 15 is 0 Å². The third-order valence-corrected chi connectivity index (χ3v) is 6.00. The van der Waals surface area contributed by atoms with Gasteiger partial charge in [0.25, 0.3) is 0 Å². The summed E-state index contributed by atoms with van der Waals surface area (Å²) in [6.07, 6.45) is 1.49. The lowest BCUT2D eigenvalue weighted by Gasteiger charge is -2.09. The molecule has 0 saturated heterocycles. The summed E-state index contributed by atoms with van der Waals surface area (Å²) in [4.78, 5) is 0.0217. The van der Waals surface area contributed by atoms with Gasteiger partial charge in [0.05, 0.1) is 17.3 Å². The van der Waals surface area contributed by atoms with Gasteiger partial charge in [-0.25, -0.2) is 17.5 Å². The predicted octanol–water partition coefficient (Wildman–Crippen LogP) is 2.89. The molecule has 10 heteroatoms. The van der Waals surface area contributed by atoms with Crippen molar-refractivity contribution in [2.24, 2.45) is 5.73 Å². The van der Waals surface area contributed by atoms with E-state index in [9.17, 15) is 12.8 Å². The Labute approximate surface area is 170 Å². The van der Waals surface area contributed by atoms with Crippen LogP contribution >= 0.6 is 24.0 Å². The van der Waals surface area contributed by atoms with Crippen LogP contribution in [0.5, 0.6) is 0 Å². The third kappa shape index (κ3) is 5.52. The molecule has 150 valence electrons. The summed E-state index contributed by atoms with van der Waals surface area (Å²) < 4.78 is 41.5. The van der Waals surface area contributed by atoms with E-state index < -0.39 is 10.0 Å². The number of rotatable bonds is 7. The molecule has 1 heterocycles. The van der Waals surface area contributed by atoms with Crippen LogP contribution in [0, 0.1) is 13.8 Å². The number of aryl methyl sites for hydroxylation is 1. The second kappa shape index (κ2) is 9.66. The summed E-state index contributed by atoms with van der Waals surface area (Å²) in [6, 6.07) is 4.73. The summed E-state index contributed by atoms with van der Waals surface area (Å²) in [7, 11) is -2.28. The Hall–Kier alpha value is -1.45. The average molecular weight is 437 g/mol. The number of nitrogens with zero attached hydrogens (tertiary/aromatic N) is 2. The molecule has 0 amide bonds. The molecule has 2 rings (SSSR count). The molecule has 3 N–H and O–H groups in total. The van der Waals surface area contributed by atoms with Gasteiger partial charge in [0.15, 0.2) is 0 Å². The number of allylic oxidation sites excluding steroid dienone is 1. The van der Waals surface area contributed by atoms with Crippen LogP contribution < -0.4 is 10.5 Å². The largest absolute Gasteiger partial charge is 0.327 e. The molecule has 0 aliphatic heterocycles. The SMILES string of the molecule is CNS(=O)(=O)c1ccc(Cn2nc(C)c(CC(F)=CCN)c2C)cc1Cl.Cl. The van der Waals surface area contributed by atoms with E-state index in [0.717, 1.165) is 22.5 Å². The minimum Gasteiger partial charge on any atom is -0.327 e. The molecular weight excluding hydrogens is 414 g/mol. The van der Waals surface area contributed by atoms with Gasteiger partial charge in [0, 0.05) is 24.2 Å². The van der Waals surface area contributed by atoms with E-state index in [1.54, 1.807) is 16.8 Å². The minimum atomic E-state index is -3.61. The molecule has 0 unspecified atom stereocenters. The number of halogens is 3. The maximum absolute atomic E-state index is 13.8. The molecule has 6 nitrogen and oxygen atoms in total. The summed E-state index contributed by atoms with van der Waals surface area (Å²) in [5, 5.41) is 4.59. The fraction of sp³-hybridized carbons (Fsp3) is 0.353. The first-order valence-corrected chi connectivity index (χ1v) is 9.85. The van der Waals surface area contributed by atoms with Gasteiger partial charge >= 0.3 is 0 Å². The van der Waals surface area contributed by atoms with E-state index in [4.69, 9.17) is 17.3 Å². The van der Waals surface area contributed by atoms with Gasteiger partial charge in [0.2, 0.25) is 10.0 Å². The van der Waals surface area contributed by atoms with E-state index in [1.807, 2.05) is 13.8 Å². The first-order chi connectivity index (χ1) is 12.2. The van der Waals surface area contributed by atoms with Gasteiger partial charge in [-0.1, -0.05) is 17.7 Å². The zero-order valence-electron chi connectivity index (χ0n) is 15.3. The molecule has 1 aromatic carbocycles. The zero-order chi connectivity index (χ0) is 19.5. The Morgan fingerprint density at radius 2 is 2.07 bits per heavy atom. The van der Waals surface area contributed by atoms with Crippen LogP contribution in [-0.4, -0.2) is 31.8 Å². The number of benzene rings is 1. The van der Waals surface area contributed by atoms with Crippen LogP contribution in [0.3, 0.4) is 0 Å². The molecule has 0 fully saturated rings. The predicted molar refractivity (Wildman–Crippen MR) is 108 cm³/mol. The van der Waals surface area contributed by atoms with Gasteiger partial charge in [-0.15, -0.1) is 12.4 Å². The average Bonchev–Trinajstić information content (AvgIpc) is 2.82. The van der Waals surface area contributed by atoms with Gasteiger partial charge in [-0.2, -0.15) is 5.10 Å². The smallest absolute Gasteiger partial charge is 0.241 e. The normalized spacial score (nSPS) is 12.1. The Morgan fingerprint density at radius 1 is 1.41 bits per heavy atom. The number of sulfonamides is 1. The molecule has 27 heavy (non-hydrogen) atoms. The first-order valence-electron chi connectivity index (χ1n) is 7.99. The van der Waals surface area contributed by atoms with Crippen molar-refractivity contribution < 1.29 is 12.8 Å². The minimum absolute atomic E-state index is 0. The fourth-order valence-electron chi connectivity index (χ4n) is 2.66. The Balaban J connectivity index is 0.00000364. The lowest BCUT2D eigenvalue weighted by atomic mass is 10.1. The van der Waals surface area contributed by atoms with Crippen molar-refractivity contribution >= 4 is 34.0 Å². The van der Waals surface area contributed by atoms with Crippen molar-refractivity contribution in [2.75, 3.05) is 13.6 Å². The molecule has 0 aliphatic carbocycles. The third-order valence-electron chi connectivity index (χ3n) is 4.10. The zero-order valence-corrected chi connectivity index (χ0v) is 17.7. The fourth-order valence-corrected chi connectivity index (χ4v) is 3.95. The number of hydrogen-bond acceptors (Lipinski definition) is 4. The molecule has 0 bridgehead atoms. The number of nitrogens with two attached hydrogens (primary N) is 1. The van der Waals surface area contributed by atoms with Gasteiger partial charge in [-0.3, -0.25) is 4.68 Å². The summed E-state index contributed by atoms with van der Waals surface area (Å²) >= 11 is 6.12. The highest BCUT2D eigenvalue weighted by atomic mass is 35.5. The van der Waals surface area contributed by atoms with Gasteiger partial charge < -0.3 is 5.73 Å². The van der Waals surface area contributed by atoms with Crippen LogP contribution in [0.15, 0.2) is 35.0 Å².